The zero-order chi connectivity index (χ0) is 15.9. The van der Waals surface area contributed by atoms with Crippen LogP contribution in [0.2, 0.25) is 0 Å². The molecule has 0 aliphatic rings. The van der Waals surface area contributed by atoms with Gasteiger partial charge in [-0.05, 0) is 30.0 Å². The summed E-state index contributed by atoms with van der Waals surface area (Å²) in [5.74, 6) is 0.594. The van der Waals surface area contributed by atoms with Gasteiger partial charge in [0.15, 0.2) is 5.76 Å². The number of hydrogen-bond acceptors (Lipinski definition) is 5. The van der Waals surface area contributed by atoms with Crippen molar-refractivity contribution >= 4 is 27.5 Å². The minimum Gasteiger partial charge on any atom is -0.454 e. The first-order valence-corrected chi connectivity index (χ1v) is 7.59. The zero-order valence-electron chi connectivity index (χ0n) is 12.5. The van der Waals surface area contributed by atoms with Crippen LogP contribution < -0.4 is 5.56 Å². The van der Waals surface area contributed by atoms with Crippen LogP contribution in [0.4, 0.5) is 0 Å². The lowest BCUT2D eigenvalue weighted by Crippen LogP contribution is -2.21. The van der Waals surface area contributed by atoms with Crippen molar-refractivity contribution in [3.8, 4) is 0 Å². The van der Waals surface area contributed by atoms with E-state index in [1.54, 1.807) is 26.2 Å². The number of rotatable bonds is 3. The van der Waals surface area contributed by atoms with Gasteiger partial charge in [0, 0.05) is 14.1 Å². The molecule has 3 rings (SSSR count). The fourth-order valence-corrected chi connectivity index (χ4v) is 3.09. The fourth-order valence-electron chi connectivity index (χ4n) is 2.14. The summed E-state index contributed by atoms with van der Waals surface area (Å²) < 4.78 is 7.63. The van der Waals surface area contributed by atoms with Gasteiger partial charge in [-0.25, -0.2) is 4.98 Å². The molecule has 0 radical (unpaired) electrons. The van der Waals surface area contributed by atoms with Crippen LogP contribution in [0.15, 0.2) is 33.1 Å². The normalized spacial score (nSPS) is 11.0. The first-order chi connectivity index (χ1) is 10.5. The molecule has 0 aliphatic carbocycles. The molecular weight excluding hydrogens is 302 g/mol. The van der Waals surface area contributed by atoms with Gasteiger partial charge < -0.3 is 9.32 Å². The lowest BCUT2D eigenvalue weighted by atomic mass is 10.3. The Bertz CT molecular complexity index is 904. The zero-order valence-corrected chi connectivity index (χ0v) is 13.3. The number of hydrogen-bond donors (Lipinski definition) is 0. The molecule has 0 fully saturated rings. The van der Waals surface area contributed by atoms with Crippen molar-refractivity contribution < 1.29 is 9.21 Å². The van der Waals surface area contributed by atoms with Gasteiger partial charge in [0.05, 0.1) is 18.4 Å². The number of carbonyl (C=O) groups is 1. The lowest BCUT2D eigenvalue weighted by Gasteiger charge is -2.07. The van der Waals surface area contributed by atoms with Gasteiger partial charge in [-0.2, -0.15) is 0 Å². The van der Waals surface area contributed by atoms with Crippen LogP contribution in [0.5, 0.6) is 0 Å². The van der Waals surface area contributed by atoms with Crippen molar-refractivity contribution in [2.24, 2.45) is 0 Å². The van der Waals surface area contributed by atoms with E-state index in [9.17, 15) is 9.59 Å². The van der Waals surface area contributed by atoms with Gasteiger partial charge in [-0.1, -0.05) is 0 Å². The molecule has 0 saturated carbocycles. The molecule has 114 valence electrons. The highest BCUT2D eigenvalue weighted by Gasteiger charge is 2.14. The molecular formula is C15H15N3O3S. The Morgan fingerprint density at radius 2 is 2.18 bits per heavy atom. The van der Waals surface area contributed by atoms with Crippen molar-refractivity contribution in [3.05, 3.63) is 51.3 Å². The Hall–Kier alpha value is -2.41. The molecule has 3 aromatic rings. The molecule has 3 heterocycles. The number of carbonyl (C=O) groups excluding carboxylic acids is 1. The summed E-state index contributed by atoms with van der Waals surface area (Å²) >= 11 is 1.39. The molecule has 0 bridgehead atoms. The second-order valence-corrected chi connectivity index (χ2v) is 6.12. The van der Waals surface area contributed by atoms with Crippen LogP contribution in [0.3, 0.4) is 0 Å². The van der Waals surface area contributed by atoms with Gasteiger partial charge >= 0.3 is 0 Å². The summed E-state index contributed by atoms with van der Waals surface area (Å²) in [7, 11) is 3.32. The monoisotopic (exact) mass is 317 g/mol. The third-order valence-electron chi connectivity index (χ3n) is 3.33. The van der Waals surface area contributed by atoms with Gasteiger partial charge in [0.1, 0.15) is 10.5 Å². The molecule has 3 aromatic heterocycles. The number of amides is 1. The Balaban J connectivity index is 1.92. The van der Waals surface area contributed by atoms with E-state index in [2.05, 4.69) is 4.98 Å². The number of nitrogens with zero attached hydrogens (tertiary/aromatic N) is 3. The summed E-state index contributed by atoms with van der Waals surface area (Å²) in [6.07, 6.45) is 1.51. The van der Waals surface area contributed by atoms with Crippen LogP contribution >= 0.6 is 11.3 Å². The van der Waals surface area contributed by atoms with Crippen LogP contribution in [0.1, 0.15) is 21.9 Å². The van der Waals surface area contributed by atoms with E-state index in [-0.39, 0.29) is 23.8 Å². The third-order valence-corrected chi connectivity index (χ3v) is 4.40. The van der Waals surface area contributed by atoms with Crippen molar-refractivity contribution in [1.82, 2.24) is 14.5 Å². The topological polar surface area (TPSA) is 68.3 Å². The number of aromatic nitrogens is 2. The highest BCUT2D eigenvalue weighted by molar-refractivity contribution is 7.17. The lowest BCUT2D eigenvalue weighted by molar-refractivity contribution is 0.0794. The quantitative estimate of drug-likeness (QED) is 0.742. The van der Waals surface area contributed by atoms with Crippen molar-refractivity contribution in [2.75, 3.05) is 14.1 Å². The van der Waals surface area contributed by atoms with Crippen LogP contribution in [0, 0.1) is 6.92 Å². The van der Waals surface area contributed by atoms with Crippen LogP contribution in [-0.4, -0.2) is 34.5 Å². The second-order valence-electron chi connectivity index (χ2n) is 5.24. The fraction of sp³-hybridized carbons (Fsp3) is 0.267. The summed E-state index contributed by atoms with van der Waals surface area (Å²) in [6, 6.07) is 3.32. The van der Waals surface area contributed by atoms with E-state index in [1.807, 2.05) is 12.3 Å². The average molecular weight is 317 g/mol. The van der Waals surface area contributed by atoms with Crippen molar-refractivity contribution in [2.45, 2.75) is 13.5 Å². The Labute approximate surface area is 130 Å². The Morgan fingerprint density at radius 1 is 1.41 bits per heavy atom. The first-order valence-electron chi connectivity index (χ1n) is 6.71. The predicted octanol–water partition coefficient (Wildman–Crippen LogP) is 2.11. The molecule has 1 amide bonds. The SMILES string of the molecule is Cc1csc2c(=O)n(Cc3ccc(C(=O)N(C)C)o3)cnc12. The molecule has 7 heteroatoms. The molecule has 0 spiro atoms. The highest BCUT2D eigenvalue weighted by Crippen LogP contribution is 2.19. The van der Waals surface area contributed by atoms with Crippen molar-refractivity contribution in [1.29, 1.82) is 0 Å². The van der Waals surface area contributed by atoms with Gasteiger partial charge in [-0.15, -0.1) is 11.3 Å². The van der Waals surface area contributed by atoms with Gasteiger partial charge in [0.25, 0.3) is 11.5 Å². The maximum atomic E-state index is 12.4. The number of aryl methyl sites for hydroxylation is 1. The summed E-state index contributed by atoms with van der Waals surface area (Å²) in [6.45, 7) is 2.18. The van der Waals surface area contributed by atoms with E-state index >= 15 is 0 Å². The second kappa shape index (κ2) is 5.42. The van der Waals surface area contributed by atoms with Crippen LogP contribution in [-0.2, 0) is 6.54 Å². The minimum atomic E-state index is -0.207. The molecule has 0 saturated heterocycles. The van der Waals surface area contributed by atoms with Crippen LogP contribution in [0.25, 0.3) is 10.2 Å². The molecule has 0 aromatic carbocycles. The predicted molar refractivity (Wildman–Crippen MR) is 84.4 cm³/mol. The number of thiophene rings is 1. The molecule has 0 unspecified atom stereocenters. The summed E-state index contributed by atoms with van der Waals surface area (Å²) in [5.41, 5.74) is 1.65. The molecule has 0 N–H and O–H groups in total. The minimum absolute atomic E-state index is 0.0972. The first kappa shape index (κ1) is 14.5. The van der Waals surface area contributed by atoms with E-state index < -0.39 is 0 Å². The molecule has 22 heavy (non-hydrogen) atoms. The Morgan fingerprint density at radius 3 is 2.91 bits per heavy atom. The number of furan rings is 1. The maximum absolute atomic E-state index is 12.4. The van der Waals surface area contributed by atoms with Crippen molar-refractivity contribution in [3.63, 3.8) is 0 Å². The number of fused-ring (bicyclic) bond motifs is 1. The smallest absolute Gasteiger partial charge is 0.289 e. The molecule has 0 aliphatic heterocycles. The van der Waals surface area contributed by atoms with Gasteiger partial charge in [0.2, 0.25) is 0 Å². The molecule has 6 nitrogen and oxygen atoms in total. The average Bonchev–Trinajstić information content (AvgIpc) is 3.09. The maximum Gasteiger partial charge on any atom is 0.289 e. The summed E-state index contributed by atoms with van der Waals surface area (Å²) in [4.78, 5) is 30.0. The van der Waals surface area contributed by atoms with E-state index in [4.69, 9.17) is 4.42 Å². The van der Waals surface area contributed by atoms with E-state index in [1.165, 1.54) is 27.1 Å². The summed E-state index contributed by atoms with van der Waals surface area (Å²) in [5, 5.41) is 1.92. The third kappa shape index (κ3) is 2.43. The van der Waals surface area contributed by atoms with Gasteiger partial charge in [-0.3, -0.25) is 14.2 Å². The standard InChI is InChI=1S/C15H15N3O3S/c1-9-7-22-13-12(9)16-8-18(15(13)20)6-10-4-5-11(21-10)14(19)17(2)3/h4-5,7-8H,6H2,1-3H3. The largest absolute Gasteiger partial charge is 0.454 e. The van der Waals surface area contributed by atoms with E-state index in [0.29, 0.717) is 10.5 Å². The van der Waals surface area contributed by atoms with E-state index in [0.717, 1.165) is 11.1 Å². The Kier molecular flexibility index (Phi) is 3.58. The molecule has 0 atom stereocenters. The highest BCUT2D eigenvalue weighted by atomic mass is 32.1.